The lowest BCUT2D eigenvalue weighted by atomic mass is 9.72. The summed E-state index contributed by atoms with van der Waals surface area (Å²) in [5.74, 6) is 0.187. The number of benzene rings is 2. The van der Waals surface area contributed by atoms with Gasteiger partial charge in [-0.05, 0) is 41.3 Å². The van der Waals surface area contributed by atoms with Gasteiger partial charge in [-0.25, -0.2) is 4.79 Å². The number of likely N-dealkylation sites (tertiary alicyclic amines) is 1. The predicted octanol–water partition coefficient (Wildman–Crippen LogP) is 3.68. The van der Waals surface area contributed by atoms with Crippen molar-refractivity contribution in [2.24, 2.45) is 0 Å². The van der Waals surface area contributed by atoms with Crippen LogP contribution in [0.1, 0.15) is 29.8 Å². The number of amides is 1. The highest BCUT2D eigenvalue weighted by Gasteiger charge is 2.42. The number of hydrogen-bond acceptors (Lipinski definition) is 5. The van der Waals surface area contributed by atoms with E-state index < -0.39 is 17.9 Å². The van der Waals surface area contributed by atoms with Crippen LogP contribution in [0, 0.1) is 0 Å². The van der Waals surface area contributed by atoms with E-state index in [1.54, 1.807) is 0 Å². The fourth-order valence-corrected chi connectivity index (χ4v) is 3.94. The number of halogens is 3. The van der Waals surface area contributed by atoms with Gasteiger partial charge in [0.1, 0.15) is 5.75 Å². The summed E-state index contributed by atoms with van der Waals surface area (Å²) in [4.78, 5) is 14.1. The number of carbonyl (C=O) groups is 1. The molecule has 2 heterocycles. The molecule has 1 amide bonds. The van der Waals surface area contributed by atoms with Gasteiger partial charge in [-0.3, -0.25) is 0 Å². The van der Waals surface area contributed by atoms with Gasteiger partial charge in [-0.1, -0.05) is 42.5 Å². The molecule has 1 aliphatic heterocycles. The van der Waals surface area contributed by atoms with Gasteiger partial charge in [0.15, 0.2) is 5.82 Å². The van der Waals surface area contributed by atoms with Crippen LogP contribution in [0.4, 0.5) is 18.0 Å². The highest BCUT2D eigenvalue weighted by molar-refractivity contribution is 5.65. The number of carboxylic acid groups (broad SMARTS) is 1. The number of nitrogens with zero attached hydrogens (tertiary/aromatic N) is 5. The second-order valence-electron chi connectivity index (χ2n) is 7.55. The van der Waals surface area contributed by atoms with Gasteiger partial charge in [-0.2, -0.15) is 4.80 Å². The van der Waals surface area contributed by atoms with Gasteiger partial charge in [0, 0.05) is 13.1 Å². The second kappa shape index (κ2) is 8.48. The van der Waals surface area contributed by atoms with E-state index >= 15 is 0 Å². The number of ether oxygens (including phenoxy) is 1. The number of piperidine rings is 1. The van der Waals surface area contributed by atoms with Crippen LogP contribution in [-0.4, -0.2) is 55.8 Å². The molecule has 0 aliphatic carbocycles. The van der Waals surface area contributed by atoms with E-state index in [4.69, 9.17) is 0 Å². The Balaban J connectivity index is 1.55. The molecule has 1 aliphatic rings. The molecule has 1 N–H and O–H groups in total. The fourth-order valence-electron chi connectivity index (χ4n) is 3.94. The van der Waals surface area contributed by atoms with Crippen LogP contribution in [0.25, 0.3) is 0 Å². The van der Waals surface area contributed by atoms with Crippen LogP contribution in [0.2, 0.25) is 0 Å². The number of hydrogen-bond donors (Lipinski definition) is 1. The Bertz CT molecular complexity index is 1060. The number of alkyl halides is 3. The number of tetrazole rings is 1. The van der Waals surface area contributed by atoms with Crippen molar-refractivity contribution in [2.45, 2.75) is 31.2 Å². The smallest absolute Gasteiger partial charge is 0.465 e. The largest absolute Gasteiger partial charge is 0.573 e. The van der Waals surface area contributed by atoms with E-state index in [2.05, 4.69) is 20.1 Å². The monoisotopic (exact) mass is 447 g/mol. The molecule has 3 aromatic rings. The molecule has 0 unspecified atom stereocenters. The third-order valence-electron chi connectivity index (χ3n) is 5.58. The summed E-state index contributed by atoms with van der Waals surface area (Å²) in [7, 11) is 0. The summed E-state index contributed by atoms with van der Waals surface area (Å²) >= 11 is 0. The molecule has 0 atom stereocenters. The maximum atomic E-state index is 12.3. The van der Waals surface area contributed by atoms with Crippen LogP contribution < -0.4 is 4.74 Å². The average molecular weight is 447 g/mol. The second-order valence-corrected chi connectivity index (χ2v) is 7.55. The highest BCUT2D eigenvalue weighted by atomic mass is 19.4. The molecule has 168 valence electrons. The zero-order chi connectivity index (χ0) is 22.8. The first-order valence-corrected chi connectivity index (χ1v) is 9.92. The van der Waals surface area contributed by atoms with E-state index in [0.29, 0.717) is 37.3 Å². The zero-order valence-corrected chi connectivity index (χ0v) is 16.9. The molecule has 32 heavy (non-hydrogen) atoms. The highest BCUT2D eigenvalue weighted by Crippen LogP contribution is 2.39. The number of rotatable bonds is 5. The van der Waals surface area contributed by atoms with Gasteiger partial charge in [0.25, 0.3) is 0 Å². The van der Waals surface area contributed by atoms with E-state index in [9.17, 15) is 23.1 Å². The quantitative estimate of drug-likeness (QED) is 0.642. The SMILES string of the molecule is O=C(O)N1CCC(c2ccccc2)(c2nnn(Cc3ccc(OC(F)(F)F)cc3)n2)CC1. The first-order chi connectivity index (χ1) is 15.2. The minimum Gasteiger partial charge on any atom is -0.465 e. The Morgan fingerprint density at radius 2 is 1.72 bits per heavy atom. The third kappa shape index (κ3) is 4.66. The Hall–Kier alpha value is -3.63. The molecule has 2 aromatic carbocycles. The molecule has 11 heteroatoms. The molecular weight excluding hydrogens is 427 g/mol. The van der Waals surface area contributed by atoms with Gasteiger partial charge in [0.05, 0.1) is 12.0 Å². The van der Waals surface area contributed by atoms with Crippen LogP contribution >= 0.6 is 0 Å². The standard InChI is InChI=1S/C21H20F3N5O3/c22-21(23,24)32-17-8-6-15(7-9-17)14-29-26-18(25-27-29)20(16-4-2-1-3-5-16)10-12-28(13-11-20)19(30)31/h1-9H,10-14H2,(H,30,31). The van der Waals surface area contributed by atoms with Crippen molar-refractivity contribution in [3.63, 3.8) is 0 Å². The van der Waals surface area contributed by atoms with Crippen LogP contribution in [-0.2, 0) is 12.0 Å². The minimum absolute atomic E-state index is 0.214. The van der Waals surface area contributed by atoms with Crippen molar-refractivity contribution in [2.75, 3.05) is 13.1 Å². The summed E-state index contributed by atoms with van der Waals surface area (Å²) in [6.07, 6.45) is -4.68. The van der Waals surface area contributed by atoms with Gasteiger partial charge in [0.2, 0.25) is 0 Å². The van der Waals surface area contributed by atoms with Gasteiger partial charge >= 0.3 is 12.5 Å². The van der Waals surface area contributed by atoms with E-state index in [-0.39, 0.29) is 12.3 Å². The summed E-state index contributed by atoms with van der Waals surface area (Å²) in [5.41, 5.74) is 1.09. The molecule has 1 saturated heterocycles. The third-order valence-corrected chi connectivity index (χ3v) is 5.58. The van der Waals surface area contributed by atoms with Crippen molar-refractivity contribution in [1.29, 1.82) is 0 Å². The molecule has 8 nitrogen and oxygen atoms in total. The molecule has 1 fully saturated rings. The van der Waals surface area contributed by atoms with Crippen molar-refractivity contribution >= 4 is 6.09 Å². The van der Waals surface area contributed by atoms with Gasteiger partial charge < -0.3 is 14.7 Å². The maximum absolute atomic E-state index is 12.3. The lowest BCUT2D eigenvalue weighted by Crippen LogP contribution is -2.45. The normalized spacial score (nSPS) is 16.0. The topological polar surface area (TPSA) is 93.4 Å². The van der Waals surface area contributed by atoms with Crippen molar-refractivity contribution < 1.29 is 27.8 Å². The summed E-state index contributed by atoms with van der Waals surface area (Å²) in [6, 6.07) is 15.1. The van der Waals surface area contributed by atoms with E-state index in [1.807, 2.05) is 30.3 Å². The van der Waals surface area contributed by atoms with Crippen molar-refractivity contribution in [3.05, 3.63) is 71.5 Å². The summed E-state index contributed by atoms with van der Waals surface area (Å²) < 4.78 is 40.8. The Labute approximate surface area is 181 Å². The lowest BCUT2D eigenvalue weighted by Gasteiger charge is -2.39. The lowest BCUT2D eigenvalue weighted by molar-refractivity contribution is -0.274. The molecule has 0 saturated carbocycles. The predicted molar refractivity (Wildman–Crippen MR) is 106 cm³/mol. The summed E-state index contributed by atoms with van der Waals surface area (Å²) in [5, 5.41) is 22.2. The van der Waals surface area contributed by atoms with E-state index in [1.165, 1.54) is 34.0 Å². The zero-order valence-electron chi connectivity index (χ0n) is 16.9. The first-order valence-electron chi connectivity index (χ1n) is 9.92. The first kappa shape index (κ1) is 21.6. The van der Waals surface area contributed by atoms with Crippen LogP contribution in [0.3, 0.4) is 0 Å². The van der Waals surface area contributed by atoms with Gasteiger partial charge in [-0.15, -0.1) is 23.4 Å². The van der Waals surface area contributed by atoms with Crippen LogP contribution in [0.5, 0.6) is 5.75 Å². The molecule has 0 radical (unpaired) electrons. The molecule has 0 spiro atoms. The average Bonchev–Trinajstić information content (AvgIpc) is 3.24. The molecule has 4 rings (SSSR count). The minimum atomic E-state index is -4.74. The summed E-state index contributed by atoms with van der Waals surface area (Å²) in [6.45, 7) is 0.907. The fraction of sp³-hybridized carbons (Fsp3) is 0.333. The molecular formula is C21H20F3N5O3. The van der Waals surface area contributed by atoms with Crippen LogP contribution in [0.15, 0.2) is 54.6 Å². The Morgan fingerprint density at radius 1 is 1.06 bits per heavy atom. The molecule has 0 bridgehead atoms. The Kier molecular flexibility index (Phi) is 5.72. The van der Waals surface area contributed by atoms with E-state index in [0.717, 1.165) is 5.56 Å². The Morgan fingerprint density at radius 3 is 2.31 bits per heavy atom. The maximum Gasteiger partial charge on any atom is 0.573 e. The molecule has 1 aromatic heterocycles. The van der Waals surface area contributed by atoms with Crippen molar-refractivity contribution in [3.8, 4) is 5.75 Å². The number of aromatic nitrogens is 4. The van der Waals surface area contributed by atoms with Crippen molar-refractivity contribution in [1.82, 2.24) is 25.1 Å².